The molecule has 0 atom stereocenters. The molecule has 144 valence electrons. The molecule has 1 saturated heterocycles. The fraction of sp³-hybridized carbons (Fsp3) is 0.350. The highest BCUT2D eigenvalue weighted by atomic mass is 32.2. The molecule has 0 radical (unpaired) electrons. The van der Waals surface area contributed by atoms with Crippen molar-refractivity contribution in [3.8, 4) is 5.75 Å². The third-order valence-corrected chi connectivity index (χ3v) is 6.29. The van der Waals surface area contributed by atoms with Gasteiger partial charge in [0.1, 0.15) is 5.75 Å². The molecule has 1 aliphatic heterocycles. The van der Waals surface area contributed by atoms with E-state index in [0.29, 0.717) is 36.7 Å². The van der Waals surface area contributed by atoms with E-state index in [0.717, 1.165) is 19.3 Å². The van der Waals surface area contributed by atoms with Crippen molar-refractivity contribution in [3.63, 3.8) is 0 Å². The number of carbonyl (C=O) groups excluding carboxylic acids is 1. The van der Waals surface area contributed by atoms with Gasteiger partial charge in [0.2, 0.25) is 10.0 Å². The lowest BCUT2D eigenvalue weighted by Gasteiger charge is -2.16. The Bertz CT molecular complexity index is 906. The first-order valence-electron chi connectivity index (χ1n) is 9.16. The first-order chi connectivity index (χ1) is 13.0. The highest BCUT2D eigenvalue weighted by Crippen LogP contribution is 2.26. The summed E-state index contributed by atoms with van der Waals surface area (Å²) in [5.41, 5.74) is 0.851. The molecule has 1 aliphatic rings. The minimum absolute atomic E-state index is 0.146. The minimum atomic E-state index is -3.56. The van der Waals surface area contributed by atoms with Crippen LogP contribution in [-0.2, 0) is 10.0 Å². The van der Waals surface area contributed by atoms with E-state index in [4.69, 9.17) is 4.74 Å². The summed E-state index contributed by atoms with van der Waals surface area (Å²) in [6.45, 7) is 3.62. The van der Waals surface area contributed by atoms with Gasteiger partial charge in [-0.25, -0.2) is 8.42 Å². The normalized spacial score (nSPS) is 14.9. The molecule has 0 aliphatic carbocycles. The number of ether oxygens (including phenoxy) is 1. The largest absolute Gasteiger partial charge is 0.491 e. The van der Waals surface area contributed by atoms with Crippen molar-refractivity contribution in [2.24, 2.45) is 0 Å². The van der Waals surface area contributed by atoms with Gasteiger partial charge in [-0.3, -0.25) is 4.79 Å². The van der Waals surface area contributed by atoms with Gasteiger partial charge < -0.3 is 10.1 Å². The second-order valence-corrected chi connectivity index (χ2v) is 8.38. The van der Waals surface area contributed by atoms with Crippen LogP contribution in [0.4, 0.5) is 5.69 Å². The predicted molar refractivity (Wildman–Crippen MR) is 105 cm³/mol. The van der Waals surface area contributed by atoms with E-state index in [1.165, 1.54) is 16.4 Å². The molecular weight excluding hydrogens is 364 g/mol. The lowest BCUT2D eigenvalue weighted by atomic mass is 10.2. The molecule has 2 aromatic carbocycles. The molecular formula is C20H24N2O4S. The van der Waals surface area contributed by atoms with Crippen LogP contribution in [0.25, 0.3) is 0 Å². The van der Waals surface area contributed by atoms with Gasteiger partial charge in [-0.05, 0) is 49.6 Å². The molecule has 1 N–H and O–H groups in total. The summed E-state index contributed by atoms with van der Waals surface area (Å²) >= 11 is 0. The van der Waals surface area contributed by atoms with Gasteiger partial charge in [0.25, 0.3) is 5.91 Å². The fourth-order valence-electron chi connectivity index (χ4n) is 2.98. The number of nitrogens with zero attached hydrogens (tertiary/aromatic N) is 1. The zero-order chi connectivity index (χ0) is 19.3. The molecule has 0 aromatic heterocycles. The Balaban J connectivity index is 1.80. The van der Waals surface area contributed by atoms with Crippen LogP contribution in [0.3, 0.4) is 0 Å². The van der Waals surface area contributed by atoms with E-state index in [-0.39, 0.29) is 10.8 Å². The summed E-state index contributed by atoms with van der Waals surface area (Å²) in [7, 11) is -3.56. The quantitative estimate of drug-likeness (QED) is 0.787. The molecule has 0 unspecified atom stereocenters. The molecule has 7 heteroatoms. The molecule has 2 aromatic rings. The summed E-state index contributed by atoms with van der Waals surface area (Å²) in [5, 5.41) is 2.81. The Morgan fingerprint density at radius 3 is 2.59 bits per heavy atom. The Kier molecular flexibility index (Phi) is 6.13. The number of carbonyl (C=O) groups is 1. The predicted octanol–water partition coefficient (Wildman–Crippen LogP) is 3.51. The average molecular weight is 388 g/mol. The van der Waals surface area contributed by atoms with Crippen molar-refractivity contribution in [1.29, 1.82) is 0 Å². The lowest BCUT2D eigenvalue weighted by molar-refractivity contribution is 0.102. The van der Waals surface area contributed by atoms with Crippen molar-refractivity contribution in [3.05, 3.63) is 54.1 Å². The summed E-state index contributed by atoms with van der Waals surface area (Å²) in [6, 6.07) is 13.4. The van der Waals surface area contributed by atoms with Crippen molar-refractivity contribution in [2.75, 3.05) is 25.0 Å². The smallest absolute Gasteiger partial charge is 0.255 e. The van der Waals surface area contributed by atoms with E-state index in [1.807, 2.05) is 19.1 Å². The molecule has 3 rings (SSSR count). The van der Waals surface area contributed by atoms with E-state index in [2.05, 4.69) is 5.32 Å². The first-order valence-corrected chi connectivity index (χ1v) is 10.6. The van der Waals surface area contributed by atoms with Crippen molar-refractivity contribution in [1.82, 2.24) is 4.31 Å². The van der Waals surface area contributed by atoms with Crippen molar-refractivity contribution in [2.45, 2.75) is 31.1 Å². The number of amides is 1. The van der Waals surface area contributed by atoms with Crippen LogP contribution in [0.5, 0.6) is 5.75 Å². The number of rotatable bonds is 7. The molecule has 27 heavy (non-hydrogen) atoms. The maximum absolute atomic E-state index is 12.7. The number of anilines is 1. The number of nitrogens with one attached hydrogen (secondary N) is 1. The molecule has 1 heterocycles. The maximum Gasteiger partial charge on any atom is 0.255 e. The first kappa shape index (κ1) is 19.4. The summed E-state index contributed by atoms with van der Waals surface area (Å²) in [5.74, 6) is 0.217. The molecule has 1 fully saturated rings. The van der Waals surface area contributed by atoms with Crippen LogP contribution in [0, 0.1) is 0 Å². The van der Waals surface area contributed by atoms with E-state index < -0.39 is 10.0 Å². The van der Waals surface area contributed by atoms with Gasteiger partial charge in [0.15, 0.2) is 0 Å². The zero-order valence-corrected chi connectivity index (χ0v) is 16.2. The van der Waals surface area contributed by atoms with Crippen LogP contribution >= 0.6 is 0 Å². The number of hydrogen-bond donors (Lipinski definition) is 1. The topological polar surface area (TPSA) is 75.7 Å². The Hall–Kier alpha value is -2.38. The second kappa shape index (κ2) is 8.54. The highest BCUT2D eigenvalue weighted by molar-refractivity contribution is 7.89. The van der Waals surface area contributed by atoms with Crippen LogP contribution < -0.4 is 10.1 Å². The van der Waals surface area contributed by atoms with Gasteiger partial charge in [-0.2, -0.15) is 4.31 Å². The maximum atomic E-state index is 12.7. The van der Waals surface area contributed by atoms with Gasteiger partial charge in [0.05, 0.1) is 17.2 Å². The van der Waals surface area contributed by atoms with Crippen LogP contribution in [-0.4, -0.2) is 38.3 Å². The Morgan fingerprint density at radius 2 is 1.85 bits per heavy atom. The summed E-state index contributed by atoms with van der Waals surface area (Å²) in [4.78, 5) is 12.8. The van der Waals surface area contributed by atoms with E-state index in [9.17, 15) is 13.2 Å². The van der Waals surface area contributed by atoms with Crippen molar-refractivity contribution >= 4 is 21.6 Å². The van der Waals surface area contributed by atoms with Crippen LogP contribution in [0.1, 0.15) is 36.5 Å². The molecule has 0 bridgehead atoms. The van der Waals surface area contributed by atoms with Crippen LogP contribution in [0.15, 0.2) is 53.4 Å². The molecule has 0 saturated carbocycles. The minimum Gasteiger partial charge on any atom is -0.491 e. The van der Waals surface area contributed by atoms with E-state index >= 15 is 0 Å². The monoisotopic (exact) mass is 388 g/mol. The standard InChI is InChI=1S/C20H24N2O4S/c1-2-14-26-19-11-4-3-10-18(19)21-20(23)16-8-7-9-17(15-16)27(24,25)22-12-5-6-13-22/h3-4,7-11,15H,2,5-6,12-14H2,1H3,(H,21,23). The number of para-hydroxylation sites is 2. The number of benzene rings is 2. The highest BCUT2D eigenvalue weighted by Gasteiger charge is 2.27. The third-order valence-electron chi connectivity index (χ3n) is 4.40. The number of sulfonamides is 1. The van der Waals surface area contributed by atoms with Gasteiger partial charge in [-0.15, -0.1) is 0 Å². The van der Waals surface area contributed by atoms with Gasteiger partial charge >= 0.3 is 0 Å². The zero-order valence-electron chi connectivity index (χ0n) is 15.3. The SMILES string of the molecule is CCCOc1ccccc1NC(=O)c1cccc(S(=O)(=O)N2CCCC2)c1. The van der Waals surface area contributed by atoms with Crippen molar-refractivity contribution < 1.29 is 17.9 Å². The van der Waals surface area contributed by atoms with E-state index in [1.54, 1.807) is 24.3 Å². The molecule has 6 nitrogen and oxygen atoms in total. The molecule has 0 spiro atoms. The van der Waals surface area contributed by atoms with Gasteiger partial charge in [0, 0.05) is 18.7 Å². The fourth-order valence-corrected chi connectivity index (χ4v) is 4.54. The second-order valence-electron chi connectivity index (χ2n) is 6.44. The summed E-state index contributed by atoms with van der Waals surface area (Å²) < 4.78 is 32.5. The average Bonchev–Trinajstić information content (AvgIpc) is 3.23. The summed E-state index contributed by atoms with van der Waals surface area (Å²) in [6.07, 6.45) is 2.60. The Labute approximate surface area is 160 Å². The molecule has 1 amide bonds. The lowest BCUT2D eigenvalue weighted by Crippen LogP contribution is -2.28. The Morgan fingerprint density at radius 1 is 1.11 bits per heavy atom. The van der Waals surface area contributed by atoms with Gasteiger partial charge in [-0.1, -0.05) is 25.1 Å². The third kappa shape index (κ3) is 4.48. The van der Waals surface area contributed by atoms with Crippen LogP contribution in [0.2, 0.25) is 0 Å². The number of hydrogen-bond acceptors (Lipinski definition) is 4.